The van der Waals surface area contributed by atoms with E-state index in [4.69, 9.17) is 4.74 Å². The zero-order chi connectivity index (χ0) is 18.5. The van der Waals surface area contributed by atoms with Gasteiger partial charge in [0.05, 0.1) is 11.8 Å². The summed E-state index contributed by atoms with van der Waals surface area (Å²) in [6.07, 6.45) is 4.22. The van der Waals surface area contributed by atoms with Gasteiger partial charge in [-0.25, -0.2) is 4.68 Å². The van der Waals surface area contributed by atoms with Crippen LogP contribution in [0, 0.1) is 6.92 Å². The quantitative estimate of drug-likeness (QED) is 0.864. The molecule has 2 atom stereocenters. The summed E-state index contributed by atoms with van der Waals surface area (Å²) in [6.45, 7) is 4.57. The molecule has 1 aliphatic rings. The first-order chi connectivity index (χ1) is 12.5. The standard InChI is InChI=1S/C20H25N3O3/c1-14(10-11-17-9-6-12-26-17)21-20(25)19-18(24)13-15(2)23(22-19)16-7-4-3-5-8-16/h3-5,7-8,13-14,17H,6,9-12H2,1-2H3,(H,21,25)/t14-,17-/m1/s1. The van der Waals surface area contributed by atoms with Gasteiger partial charge in [0.15, 0.2) is 5.69 Å². The normalized spacial score (nSPS) is 17.8. The third kappa shape index (κ3) is 4.38. The van der Waals surface area contributed by atoms with Crippen LogP contribution in [-0.4, -0.2) is 34.4 Å². The summed E-state index contributed by atoms with van der Waals surface area (Å²) in [6, 6.07) is 10.9. The van der Waals surface area contributed by atoms with Crippen molar-refractivity contribution in [2.45, 2.75) is 51.7 Å². The number of nitrogens with zero attached hydrogens (tertiary/aromatic N) is 2. The van der Waals surface area contributed by atoms with Crippen LogP contribution in [0.5, 0.6) is 0 Å². The van der Waals surface area contributed by atoms with Crippen LogP contribution in [0.3, 0.4) is 0 Å². The number of aryl methyl sites for hydroxylation is 1. The van der Waals surface area contributed by atoms with Crippen molar-refractivity contribution in [3.05, 3.63) is 58.0 Å². The minimum Gasteiger partial charge on any atom is -0.378 e. The summed E-state index contributed by atoms with van der Waals surface area (Å²) in [7, 11) is 0. The second-order valence-corrected chi connectivity index (χ2v) is 6.83. The molecule has 2 heterocycles. The SMILES string of the molecule is Cc1cc(=O)c(C(=O)N[C@H](C)CC[C@H]2CCCO2)nn1-c1ccccc1. The lowest BCUT2D eigenvalue weighted by atomic mass is 10.1. The molecule has 0 spiro atoms. The number of hydrogen-bond acceptors (Lipinski definition) is 4. The maximum Gasteiger partial charge on any atom is 0.276 e. The molecule has 3 rings (SSSR count). The molecule has 26 heavy (non-hydrogen) atoms. The number of benzene rings is 1. The molecule has 1 aromatic carbocycles. The minimum atomic E-state index is -0.431. The Hall–Kier alpha value is -2.47. The Morgan fingerprint density at radius 1 is 1.38 bits per heavy atom. The molecule has 138 valence electrons. The summed E-state index contributed by atoms with van der Waals surface area (Å²) in [4.78, 5) is 24.8. The molecular formula is C20H25N3O3. The largest absolute Gasteiger partial charge is 0.378 e. The van der Waals surface area contributed by atoms with Gasteiger partial charge in [0.2, 0.25) is 5.43 Å². The van der Waals surface area contributed by atoms with Crippen molar-refractivity contribution in [1.82, 2.24) is 15.1 Å². The lowest BCUT2D eigenvalue weighted by Crippen LogP contribution is -2.37. The Kier molecular flexibility index (Phi) is 5.83. The van der Waals surface area contributed by atoms with Crippen LogP contribution >= 0.6 is 0 Å². The number of carbonyl (C=O) groups excluding carboxylic acids is 1. The predicted octanol–water partition coefficient (Wildman–Crippen LogP) is 2.62. The van der Waals surface area contributed by atoms with Crippen molar-refractivity contribution in [3.63, 3.8) is 0 Å². The summed E-state index contributed by atoms with van der Waals surface area (Å²) in [5.41, 5.74) is 1.05. The number of hydrogen-bond donors (Lipinski definition) is 1. The smallest absolute Gasteiger partial charge is 0.276 e. The van der Waals surface area contributed by atoms with E-state index in [9.17, 15) is 9.59 Å². The van der Waals surface area contributed by atoms with Crippen LogP contribution in [0.2, 0.25) is 0 Å². The van der Waals surface area contributed by atoms with E-state index in [2.05, 4.69) is 10.4 Å². The fourth-order valence-electron chi connectivity index (χ4n) is 3.21. The van der Waals surface area contributed by atoms with Crippen LogP contribution in [0.4, 0.5) is 0 Å². The number of carbonyl (C=O) groups is 1. The molecular weight excluding hydrogens is 330 g/mol. The van der Waals surface area contributed by atoms with Gasteiger partial charge < -0.3 is 10.1 Å². The molecule has 1 N–H and O–H groups in total. The third-order valence-corrected chi connectivity index (χ3v) is 4.65. The van der Waals surface area contributed by atoms with Crippen LogP contribution in [0.15, 0.2) is 41.2 Å². The molecule has 2 aromatic rings. The van der Waals surface area contributed by atoms with Crippen LogP contribution in [0.1, 0.15) is 48.8 Å². The molecule has 1 aromatic heterocycles. The molecule has 1 amide bonds. The number of amides is 1. The lowest BCUT2D eigenvalue weighted by molar-refractivity contribution is 0.0893. The van der Waals surface area contributed by atoms with Gasteiger partial charge in [-0.15, -0.1) is 0 Å². The molecule has 0 radical (unpaired) electrons. The van der Waals surface area contributed by atoms with E-state index in [1.54, 1.807) is 11.6 Å². The van der Waals surface area contributed by atoms with E-state index >= 15 is 0 Å². The van der Waals surface area contributed by atoms with Gasteiger partial charge >= 0.3 is 0 Å². The van der Waals surface area contributed by atoms with Gasteiger partial charge in [0.1, 0.15) is 0 Å². The van der Waals surface area contributed by atoms with Crippen molar-refractivity contribution < 1.29 is 9.53 Å². The van der Waals surface area contributed by atoms with Gasteiger partial charge in [-0.1, -0.05) is 18.2 Å². The van der Waals surface area contributed by atoms with E-state index in [1.165, 1.54) is 6.07 Å². The molecule has 0 unspecified atom stereocenters. The Labute approximate surface area is 153 Å². The highest BCUT2D eigenvalue weighted by atomic mass is 16.5. The van der Waals surface area contributed by atoms with E-state index in [-0.39, 0.29) is 17.2 Å². The average molecular weight is 355 g/mol. The predicted molar refractivity (Wildman–Crippen MR) is 99.7 cm³/mol. The topological polar surface area (TPSA) is 73.2 Å². The maximum atomic E-state index is 12.5. The summed E-state index contributed by atoms with van der Waals surface area (Å²) in [5.74, 6) is -0.431. The molecule has 0 aliphatic carbocycles. The van der Waals surface area contributed by atoms with Crippen LogP contribution in [-0.2, 0) is 4.74 Å². The Balaban J connectivity index is 1.71. The van der Waals surface area contributed by atoms with Crippen LogP contribution < -0.4 is 10.7 Å². The molecule has 0 bridgehead atoms. The van der Waals surface area contributed by atoms with E-state index in [0.717, 1.165) is 38.0 Å². The van der Waals surface area contributed by atoms with Crippen molar-refractivity contribution in [2.75, 3.05) is 6.61 Å². The van der Waals surface area contributed by atoms with Gasteiger partial charge in [-0.3, -0.25) is 9.59 Å². The number of nitrogens with one attached hydrogen (secondary N) is 1. The second kappa shape index (κ2) is 8.27. The van der Waals surface area contributed by atoms with Gasteiger partial charge in [-0.2, -0.15) is 5.10 Å². The van der Waals surface area contributed by atoms with Crippen molar-refractivity contribution in [2.24, 2.45) is 0 Å². The highest BCUT2D eigenvalue weighted by Crippen LogP contribution is 2.17. The van der Waals surface area contributed by atoms with Crippen LogP contribution in [0.25, 0.3) is 5.69 Å². The number of aromatic nitrogens is 2. The third-order valence-electron chi connectivity index (χ3n) is 4.65. The Bertz CT molecular complexity index is 811. The Morgan fingerprint density at radius 2 is 2.15 bits per heavy atom. The van der Waals surface area contributed by atoms with Crippen molar-refractivity contribution in [3.8, 4) is 5.69 Å². The number of rotatable bonds is 6. The van der Waals surface area contributed by atoms with E-state index in [1.807, 2.05) is 37.3 Å². The molecule has 6 nitrogen and oxygen atoms in total. The van der Waals surface area contributed by atoms with Gasteiger partial charge in [-0.05, 0) is 51.7 Å². The molecule has 1 fully saturated rings. The van der Waals surface area contributed by atoms with Gasteiger partial charge in [0, 0.05) is 24.4 Å². The summed E-state index contributed by atoms with van der Waals surface area (Å²) in [5, 5.41) is 7.19. The lowest BCUT2D eigenvalue weighted by Gasteiger charge is -2.16. The number of ether oxygens (including phenoxy) is 1. The second-order valence-electron chi connectivity index (χ2n) is 6.83. The van der Waals surface area contributed by atoms with E-state index < -0.39 is 5.91 Å². The van der Waals surface area contributed by atoms with E-state index in [0.29, 0.717) is 11.8 Å². The monoisotopic (exact) mass is 355 g/mol. The fourth-order valence-corrected chi connectivity index (χ4v) is 3.21. The zero-order valence-electron chi connectivity index (χ0n) is 15.3. The fraction of sp³-hybridized carbons (Fsp3) is 0.450. The average Bonchev–Trinajstić information content (AvgIpc) is 3.14. The zero-order valence-corrected chi connectivity index (χ0v) is 15.3. The first kappa shape index (κ1) is 18.3. The highest BCUT2D eigenvalue weighted by Gasteiger charge is 2.20. The molecule has 0 saturated carbocycles. The molecule has 1 aliphatic heterocycles. The molecule has 1 saturated heterocycles. The molecule has 6 heteroatoms. The summed E-state index contributed by atoms with van der Waals surface area (Å²) < 4.78 is 7.23. The van der Waals surface area contributed by atoms with Crippen molar-refractivity contribution in [1.29, 1.82) is 0 Å². The first-order valence-corrected chi connectivity index (χ1v) is 9.13. The van der Waals surface area contributed by atoms with Gasteiger partial charge in [0.25, 0.3) is 5.91 Å². The minimum absolute atomic E-state index is 0.0422. The first-order valence-electron chi connectivity index (χ1n) is 9.13. The van der Waals surface area contributed by atoms with Crippen molar-refractivity contribution >= 4 is 5.91 Å². The maximum absolute atomic E-state index is 12.5. The highest BCUT2D eigenvalue weighted by molar-refractivity contribution is 5.92. The Morgan fingerprint density at radius 3 is 2.85 bits per heavy atom. The number of para-hydroxylation sites is 1. The summed E-state index contributed by atoms with van der Waals surface area (Å²) >= 11 is 0.